The number of ether oxygens (including phenoxy) is 1. The number of thiophene rings is 1. The second-order valence-electron chi connectivity index (χ2n) is 6.70. The van der Waals surface area contributed by atoms with Crippen molar-refractivity contribution in [1.29, 1.82) is 0 Å². The number of fused-ring (bicyclic) bond motifs is 3. The van der Waals surface area contributed by atoms with E-state index < -0.39 is 0 Å². The number of benzene rings is 2. The molecule has 0 aliphatic heterocycles. The molecule has 0 saturated carbocycles. The highest BCUT2D eigenvalue weighted by Crippen LogP contribution is 2.41. The summed E-state index contributed by atoms with van der Waals surface area (Å²) in [6.45, 7) is 9.70. The van der Waals surface area contributed by atoms with Gasteiger partial charge in [-0.1, -0.05) is 38.8 Å². The Bertz CT molecular complexity index is 844. The molecule has 0 amide bonds. The maximum Gasteiger partial charge on any atom is 0.123 e. The number of hydrogen-bond acceptors (Lipinski definition) is 2. The van der Waals surface area contributed by atoms with Crippen LogP contribution in [-0.2, 0) is 6.42 Å². The van der Waals surface area contributed by atoms with Crippen LogP contribution in [0.4, 0.5) is 0 Å². The zero-order valence-corrected chi connectivity index (χ0v) is 16.2. The summed E-state index contributed by atoms with van der Waals surface area (Å²) in [5.41, 5.74) is 4.27. The van der Waals surface area contributed by atoms with Crippen LogP contribution in [0.1, 0.15) is 56.2 Å². The van der Waals surface area contributed by atoms with E-state index in [0.717, 1.165) is 18.8 Å². The Labute approximate surface area is 149 Å². The van der Waals surface area contributed by atoms with Crippen LogP contribution in [-0.4, -0.2) is 6.61 Å². The van der Waals surface area contributed by atoms with Gasteiger partial charge in [0.15, 0.2) is 0 Å². The fraction of sp³-hybridized carbons (Fsp3) is 0.455. The molecule has 0 atom stereocenters. The fourth-order valence-electron chi connectivity index (χ4n) is 3.40. The maximum atomic E-state index is 5.92. The van der Waals surface area contributed by atoms with Crippen LogP contribution in [0.5, 0.6) is 5.75 Å². The molecule has 1 aromatic heterocycles. The van der Waals surface area contributed by atoms with Gasteiger partial charge in [0.05, 0.1) is 6.61 Å². The van der Waals surface area contributed by atoms with Gasteiger partial charge >= 0.3 is 0 Å². The summed E-state index contributed by atoms with van der Waals surface area (Å²) in [6.07, 6.45) is 6.14. The summed E-state index contributed by atoms with van der Waals surface area (Å²) in [4.78, 5) is 0. The first-order valence-electron chi connectivity index (χ1n) is 9.24. The van der Waals surface area contributed by atoms with Crippen molar-refractivity contribution in [3.8, 4) is 5.75 Å². The van der Waals surface area contributed by atoms with E-state index in [1.807, 2.05) is 11.3 Å². The van der Waals surface area contributed by atoms with E-state index in [4.69, 9.17) is 4.74 Å². The van der Waals surface area contributed by atoms with Gasteiger partial charge in [0, 0.05) is 25.7 Å². The highest BCUT2D eigenvalue weighted by atomic mass is 32.1. The third kappa shape index (κ3) is 3.17. The number of unbranched alkanes of at least 4 members (excludes halogenated alkanes) is 2. The molecule has 0 saturated heterocycles. The second kappa shape index (κ2) is 7.57. The molecule has 0 aliphatic rings. The van der Waals surface area contributed by atoms with E-state index in [1.165, 1.54) is 62.5 Å². The minimum atomic E-state index is 0.790. The minimum Gasteiger partial charge on any atom is -0.493 e. The number of rotatable bonds is 7. The summed E-state index contributed by atoms with van der Waals surface area (Å²) in [5, 5.41) is 2.77. The summed E-state index contributed by atoms with van der Waals surface area (Å²) in [6, 6.07) is 9.05. The van der Waals surface area contributed by atoms with Gasteiger partial charge in [0.1, 0.15) is 5.75 Å². The van der Waals surface area contributed by atoms with Crippen molar-refractivity contribution in [1.82, 2.24) is 0 Å². The van der Waals surface area contributed by atoms with Crippen LogP contribution in [0.25, 0.3) is 20.2 Å². The van der Waals surface area contributed by atoms with Crippen molar-refractivity contribution in [2.24, 2.45) is 0 Å². The lowest BCUT2D eigenvalue weighted by atomic mass is 9.99. The lowest BCUT2D eigenvalue weighted by Gasteiger charge is -2.08. The summed E-state index contributed by atoms with van der Waals surface area (Å²) in [5.74, 6) is 1.04. The van der Waals surface area contributed by atoms with Crippen LogP contribution in [0.2, 0.25) is 0 Å². The molecule has 0 aliphatic carbocycles. The van der Waals surface area contributed by atoms with E-state index in [-0.39, 0.29) is 0 Å². The molecule has 2 aromatic carbocycles. The van der Waals surface area contributed by atoms with Crippen molar-refractivity contribution in [2.75, 3.05) is 6.61 Å². The normalized spacial score (nSPS) is 11.5. The fourth-order valence-corrected chi connectivity index (χ4v) is 4.72. The monoisotopic (exact) mass is 340 g/mol. The van der Waals surface area contributed by atoms with Crippen LogP contribution in [0.3, 0.4) is 0 Å². The quantitative estimate of drug-likeness (QED) is 0.413. The molecule has 24 heavy (non-hydrogen) atoms. The first-order valence-corrected chi connectivity index (χ1v) is 10.1. The molecule has 1 nitrogen and oxygen atoms in total. The molecule has 3 rings (SSSR count). The molecule has 0 bridgehead atoms. The molecule has 0 unspecified atom stereocenters. The van der Waals surface area contributed by atoms with Gasteiger partial charge < -0.3 is 4.74 Å². The SMILES string of the molecule is CCCCCc1ccc2c(sc3c(C)c(OCCC)ccc32)c1C. The van der Waals surface area contributed by atoms with Crippen LogP contribution >= 0.6 is 11.3 Å². The molecular formula is C22H28OS. The van der Waals surface area contributed by atoms with Gasteiger partial charge in [-0.05, 0) is 56.4 Å². The zero-order valence-electron chi connectivity index (χ0n) is 15.4. The lowest BCUT2D eigenvalue weighted by Crippen LogP contribution is -1.96. The molecule has 0 fully saturated rings. The minimum absolute atomic E-state index is 0.790. The zero-order chi connectivity index (χ0) is 17.1. The first kappa shape index (κ1) is 17.3. The third-order valence-corrected chi connectivity index (χ3v) is 6.34. The molecule has 1 heterocycles. The van der Waals surface area contributed by atoms with Crippen molar-refractivity contribution in [3.63, 3.8) is 0 Å². The number of aryl methyl sites for hydroxylation is 3. The van der Waals surface area contributed by atoms with E-state index in [1.54, 1.807) is 0 Å². The highest BCUT2D eigenvalue weighted by molar-refractivity contribution is 7.26. The van der Waals surface area contributed by atoms with Crippen molar-refractivity contribution in [3.05, 3.63) is 41.0 Å². The van der Waals surface area contributed by atoms with E-state index >= 15 is 0 Å². The van der Waals surface area contributed by atoms with Gasteiger partial charge in [0.2, 0.25) is 0 Å². The summed E-state index contributed by atoms with van der Waals surface area (Å²) < 4.78 is 8.75. The summed E-state index contributed by atoms with van der Waals surface area (Å²) in [7, 11) is 0. The predicted molar refractivity (Wildman–Crippen MR) is 108 cm³/mol. The van der Waals surface area contributed by atoms with Gasteiger partial charge in [0.25, 0.3) is 0 Å². The van der Waals surface area contributed by atoms with Gasteiger partial charge in [-0.25, -0.2) is 0 Å². The van der Waals surface area contributed by atoms with Crippen LogP contribution in [0.15, 0.2) is 24.3 Å². The molecule has 128 valence electrons. The Balaban J connectivity index is 2.06. The third-order valence-electron chi connectivity index (χ3n) is 4.88. The second-order valence-corrected chi connectivity index (χ2v) is 7.72. The first-order chi connectivity index (χ1) is 11.7. The largest absolute Gasteiger partial charge is 0.493 e. The Morgan fingerprint density at radius 2 is 1.54 bits per heavy atom. The summed E-state index contributed by atoms with van der Waals surface area (Å²) >= 11 is 1.94. The molecule has 0 N–H and O–H groups in total. The van der Waals surface area contributed by atoms with Gasteiger partial charge in [-0.3, -0.25) is 0 Å². The van der Waals surface area contributed by atoms with Crippen molar-refractivity contribution < 1.29 is 4.74 Å². The predicted octanol–water partition coefficient (Wildman–Crippen LogP) is 7.19. The smallest absolute Gasteiger partial charge is 0.123 e. The lowest BCUT2D eigenvalue weighted by molar-refractivity contribution is 0.316. The Morgan fingerprint density at radius 1 is 0.833 bits per heavy atom. The molecule has 2 heteroatoms. The van der Waals surface area contributed by atoms with Crippen molar-refractivity contribution >= 4 is 31.5 Å². The van der Waals surface area contributed by atoms with E-state index in [0.29, 0.717) is 0 Å². The van der Waals surface area contributed by atoms with E-state index in [2.05, 4.69) is 52.0 Å². The highest BCUT2D eigenvalue weighted by Gasteiger charge is 2.13. The average molecular weight is 341 g/mol. The molecule has 0 spiro atoms. The molecule has 3 aromatic rings. The Kier molecular flexibility index (Phi) is 5.45. The van der Waals surface area contributed by atoms with Crippen LogP contribution in [0, 0.1) is 13.8 Å². The maximum absolute atomic E-state index is 5.92. The average Bonchev–Trinajstić information content (AvgIpc) is 2.97. The van der Waals surface area contributed by atoms with Gasteiger partial charge in [-0.2, -0.15) is 0 Å². The van der Waals surface area contributed by atoms with Crippen LogP contribution < -0.4 is 4.74 Å². The van der Waals surface area contributed by atoms with Crippen molar-refractivity contribution in [2.45, 2.75) is 59.8 Å². The number of hydrogen-bond donors (Lipinski definition) is 0. The van der Waals surface area contributed by atoms with E-state index in [9.17, 15) is 0 Å². The Hall–Kier alpha value is -1.54. The standard InChI is InChI=1S/C22H28OS/c1-5-7-8-9-17-10-11-18-19-12-13-20(23-14-6-2)16(4)22(19)24-21(18)15(17)3/h10-13H,5-9,14H2,1-4H3. The molecular weight excluding hydrogens is 312 g/mol. The topological polar surface area (TPSA) is 9.23 Å². The molecule has 0 radical (unpaired) electrons. The Morgan fingerprint density at radius 3 is 2.25 bits per heavy atom. The van der Waals surface area contributed by atoms with Gasteiger partial charge in [-0.15, -0.1) is 11.3 Å².